The van der Waals surface area contributed by atoms with Crippen LogP contribution >= 0.6 is 24.0 Å². The Morgan fingerprint density at radius 2 is 1.85 bits per heavy atom. The van der Waals surface area contributed by atoms with Gasteiger partial charge in [-0.3, -0.25) is 14.5 Å². The average molecular weight is 499 g/mol. The Bertz CT molecular complexity index is 1110. The number of aryl methyl sites for hydroxylation is 1. The predicted octanol–water partition coefficient (Wildman–Crippen LogP) is 5.72. The molecule has 3 rings (SSSR count). The topological polar surface area (TPSA) is 67.9 Å². The highest BCUT2D eigenvalue weighted by atomic mass is 32.2. The maximum atomic E-state index is 12.9. The van der Waals surface area contributed by atoms with E-state index in [1.807, 2.05) is 56.3 Å². The Kier molecular flexibility index (Phi) is 9.12. The van der Waals surface area contributed by atoms with Gasteiger partial charge in [0, 0.05) is 18.7 Å². The first-order valence-electron chi connectivity index (χ1n) is 11.2. The van der Waals surface area contributed by atoms with Gasteiger partial charge in [-0.15, -0.1) is 0 Å². The van der Waals surface area contributed by atoms with E-state index in [-0.39, 0.29) is 11.8 Å². The van der Waals surface area contributed by atoms with Crippen molar-refractivity contribution in [3.05, 3.63) is 58.0 Å². The molecule has 0 atom stereocenters. The molecule has 0 unspecified atom stereocenters. The molecule has 0 bridgehead atoms. The number of methoxy groups -OCH3 is 2. The zero-order valence-electron chi connectivity index (χ0n) is 20.0. The van der Waals surface area contributed by atoms with E-state index >= 15 is 0 Å². The molecule has 0 aliphatic carbocycles. The number of benzene rings is 2. The van der Waals surface area contributed by atoms with Crippen molar-refractivity contribution in [2.45, 2.75) is 39.5 Å². The summed E-state index contributed by atoms with van der Waals surface area (Å²) in [4.78, 5) is 27.4. The van der Waals surface area contributed by atoms with Crippen molar-refractivity contribution in [2.75, 3.05) is 26.1 Å². The van der Waals surface area contributed by atoms with Crippen LogP contribution in [0.15, 0.2) is 41.3 Å². The third kappa shape index (κ3) is 6.39. The van der Waals surface area contributed by atoms with Crippen molar-refractivity contribution in [1.29, 1.82) is 0 Å². The number of nitrogens with zero attached hydrogens (tertiary/aromatic N) is 1. The summed E-state index contributed by atoms with van der Waals surface area (Å²) >= 11 is 6.74. The van der Waals surface area contributed by atoms with Crippen LogP contribution in [-0.2, 0) is 9.59 Å². The summed E-state index contributed by atoms with van der Waals surface area (Å²) in [5.74, 6) is 1.16. The molecular formula is C26H30N2O4S2. The Morgan fingerprint density at radius 1 is 1.09 bits per heavy atom. The second-order valence-corrected chi connectivity index (χ2v) is 9.73. The molecule has 1 saturated heterocycles. The molecule has 0 spiro atoms. The molecule has 180 valence electrons. The van der Waals surface area contributed by atoms with Crippen LogP contribution in [0.3, 0.4) is 0 Å². The second kappa shape index (κ2) is 12.0. The van der Waals surface area contributed by atoms with Gasteiger partial charge in [-0.2, -0.15) is 0 Å². The average Bonchev–Trinajstić information content (AvgIpc) is 3.08. The highest BCUT2D eigenvalue weighted by Crippen LogP contribution is 2.34. The molecule has 2 aromatic rings. The predicted molar refractivity (Wildman–Crippen MR) is 142 cm³/mol. The van der Waals surface area contributed by atoms with Crippen LogP contribution in [0.25, 0.3) is 6.08 Å². The van der Waals surface area contributed by atoms with E-state index in [2.05, 4.69) is 5.32 Å². The van der Waals surface area contributed by atoms with Crippen LogP contribution in [-0.4, -0.2) is 41.8 Å². The molecule has 34 heavy (non-hydrogen) atoms. The molecule has 1 heterocycles. The van der Waals surface area contributed by atoms with E-state index in [4.69, 9.17) is 21.7 Å². The molecule has 0 saturated carbocycles. The fourth-order valence-electron chi connectivity index (χ4n) is 3.62. The van der Waals surface area contributed by atoms with Gasteiger partial charge in [-0.25, -0.2) is 0 Å². The zero-order valence-corrected chi connectivity index (χ0v) is 21.6. The van der Waals surface area contributed by atoms with Crippen molar-refractivity contribution >= 4 is 51.9 Å². The normalized spacial score (nSPS) is 14.6. The first kappa shape index (κ1) is 25.8. The number of thiocarbonyl (C=S) groups is 1. The lowest BCUT2D eigenvalue weighted by Gasteiger charge is -2.14. The number of rotatable bonds is 10. The maximum Gasteiger partial charge on any atom is 0.266 e. The molecule has 1 N–H and O–H groups in total. The van der Waals surface area contributed by atoms with E-state index in [0.29, 0.717) is 33.7 Å². The monoisotopic (exact) mass is 498 g/mol. The Morgan fingerprint density at radius 3 is 2.59 bits per heavy atom. The Labute approximate surface area is 210 Å². The van der Waals surface area contributed by atoms with Crippen LogP contribution in [0.1, 0.15) is 42.4 Å². The van der Waals surface area contributed by atoms with E-state index in [1.165, 1.54) is 11.8 Å². The molecule has 1 aliphatic rings. The van der Waals surface area contributed by atoms with Gasteiger partial charge in [-0.05, 0) is 67.7 Å². The molecule has 0 radical (unpaired) electrons. The van der Waals surface area contributed by atoms with Crippen LogP contribution < -0.4 is 14.8 Å². The summed E-state index contributed by atoms with van der Waals surface area (Å²) in [6, 6.07) is 11.4. The molecule has 8 heteroatoms. The van der Waals surface area contributed by atoms with Crippen LogP contribution in [0, 0.1) is 13.8 Å². The largest absolute Gasteiger partial charge is 0.493 e. The second-order valence-electron chi connectivity index (χ2n) is 8.05. The molecule has 1 fully saturated rings. The lowest BCUT2D eigenvalue weighted by molar-refractivity contribution is -0.122. The fraction of sp³-hybridized carbons (Fsp3) is 0.346. The summed E-state index contributed by atoms with van der Waals surface area (Å²) in [6.07, 6.45) is 4.65. The third-order valence-corrected chi connectivity index (χ3v) is 7.12. The Hall–Kier alpha value is -2.84. The summed E-state index contributed by atoms with van der Waals surface area (Å²) in [5.41, 5.74) is 3.95. The minimum absolute atomic E-state index is 0.0113. The standard InChI is InChI=1S/C26H30N2O4S2/c1-17-9-8-10-20(18(17)2)27-24(29)11-6-5-7-14-28-25(30)23(34-26(28)33)16-19-12-13-21(31-3)22(15-19)32-4/h8-10,12-13,15-16H,5-7,11,14H2,1-4H3,(H,27,29)/b23-16-. The van der Waals surface area contributed by atoms with Crippen molar-refractivity contribution < 1.29 is 19.1 Å². The summed E-state index contributed by atoms with van der Waals surface area (Å²) < 4.78 is 11.2. The van der Waals surface area contributed by atoms with E-state index < -0.39 is 0 Å². The fourth-order valence-corrected chi connectivity index (χ4v) is 4.93. The van der Waals surface area contributed by atoms with Gasteiger partial charge in [0.2, 0.25) is 5.91 Å². The van der Waals surface area contributed by atoms with Crippen molar-refractivity contribution in [3.63, 3.8) is 0 Å². The lowest BCUT2D eigenvalue weighted by atomic mass is 10.1. The highest BCUT2D eigenvalue weighted by Gasteiger charge is 2.31. The summed E-state index contributed by atoms with van der Waals surface area (Å²) in [5, 5.41) is 2.99. The van der Waals surface area contributed by atoms with Gasteiger partial charge in [0.15, 0.2) is 11.5 Å². The van der Waals surface area contributed by atoms with Crippen molar-refractivity contribution in [2.24, 2.45) is 0 Å². The first-order valence-corrected chi connectivity index (χ1v) is 12.4. The number of thioether (sulfide) groups is 1. The smallest absolute Gasteiger partial charge is 0.266 e. The van der Waals surface area contributed by atoms with Crippen molar-refractivity contribution in [1.82, 2.24) is 4.90 Å². The van der Waals surface area contributed by atoms with E-state index in [1.54, 1.807) is 19.1 Å². The number of hydrogen-bond donors (Lipinski definition) is 1. The van der Waals surface area contributed by atoms with E-state index in [9.17, 15) is 9.59 Å². The number of unbranched alkanes of at least 4 members (excludes halogenated alkanes) is 2. The number of carbonyl (C=O) groups excluding carboxylic acids is 2. The van der Waals surface area contributed by atoms with Crippen LogP contribution in [0.5, 0.6) is 11.5 Å². The van der Waals surface area contributed by atoms with Gasteiger partial charge < -0.3 is 14.8 Å². The summed E-state index contributed by atoms with van der Waals surface area (Å²) in [6.45, 7) is 4.58. The minimum atomic E-state index is -0.0857. The zero-order chi connectivity index (χ0) is 24.7. The van der Waals surface area contributed by atoms with Gasteiger partial charge in [0.05, 0.1) is 19.1 Å². The quantitative estimate of drug-likeness (QED) is 0.257. The molecule has 0 aromatic heterocycles. The van der Waals surface area contributed by atoms with Crippen LogP contribution in [0.4, 0.5) is 5.69 Å². The number of hydrogen-bond acceptors (Lipinski definition) is 6. The molecular weight excluding hydrogens is 468 g/mol. The van der Waals surface area contributed by atoms with Gasteiger partial charge in [-0.1, -0.05) is 48.6 Å². The molecule has 2 aromatic carbocycles. The first-order chi connectivity index (χ1) is 16.3. The van der Waals surface area contributed by atoms with Gasteiger partial charge in [0.25, 0.3) is 5.91 Å². The highest BCUT2D eigenvalue weighted by molar-refractivity contribution is 8.26. The maximum absolute atomic E-state index is 12.9. The van der Waals surface area contributed by atoms with Gasteiger partial charge >= 0.3 is 0 Å². The molecule has 2 amide bonds. The SMILES string of the molecule is COc1ccc(/C=C2\SC(=S)N(CCCCCC(=O)Nc3cccc(C)c3C)C2=O)cc1OC. The number of ether oxygens (including phenoxy) is 2. The van der Waals surface area contributed by atoms with Crippen LogP contribution in [0.2, 0.25) is 0 Å². The third-order valence-electron chi connectivity index (χ3n) is 5.74. The lowest BCUT2D eigenvalue weighted by Crippen LogP contribution is -2.29. The summed E-state index contributed by atoms with van der Waals surface area (Å²) in [7, 11) is 3.16. The van der Waals surface area contributed by atoms with E-state index in [0.717, 1.165) is 41.6 Å². The van der Waals surface area contributed by atoms with Gasteiger partial charge in [0.1, 0.15) is 4.32 Å². The van der Waals surface area contributed by atoms with Crippen molar-refractivity contribution in [3.8, 4) is 11.5 Å². The molecule has 6 nitrogen and oxygen atoms in total. The Balaban J connectivity index is 1.47. The number of carbonyl (C=O) groups is 2. The number of nitrogens with one attached hydrogen (secondary N) is 1. The molecule has 1 aliphatic heterocycles. The minimum Gasteiger partial charge on any atom is -0.493 e. The number of amides is 2. The number of anilines is 1.